The average Bonchev–Trinajstić information content (AvgIpc) is 2.75. The SMILES string of the molecule is [c]1ccccc1CCCCCCCCCCCCc1cccc2ccccc12. The molecule has 3 aromatic rings. The quantitative estimate of drug-likeness (QED) is 0.265. The zero-order valence-corrected chi connectivity index (χ0v) is 17.3. The molecule has 0 amide bonds. The van der Waals surface area contributed by atoms with Crippen molar-refractivity contribution in [3.05, 3.63) is 83.9 Å². The van der Waals surface area contributed by atoms with Gasteiger partial charge in [0.2, 0.25) is 0 Å². The van der Waals surface area contributed by atoms with Crippen molar-refractivity contribution in [1.82, 2.24) is 0 Å². The molecule has 1 radical (unpaired) electrons. The molecule has 0 saturated carbocycles. The Morgan fingerprint density at radius 1 is 0.500 bits per heavy atom. The highest BCUT2D eigenvalue weighted by Gasteiger charge is 2.00. The third-order valence-corrected chi connectivity index (χ3v) is 5.80. The molecule has 3 rings (SSSR count). The first kappa shape index (κ1) is 20.6. The maximum atomic E-state index is 3.32. The van der Waals surface area contributed by atoms with Crippen LogP contribution in [0.5, 0.6) is 0 Å². The van der Waals surface area contributed by atoms with Crippen molar-refractivity contribution >= 4 is 10.8 Å². The van der Waals surface area contributed by atoms with Crippen LogP contribution in [0.4, 0.5) is 0 Å². The van der Waals surface area contributed by atoms with Crippen molar-refractivity contribution in [2.45, 2.75) is 77.0 Å². The highest BCUT2D eigenvalue weighted by Crippen LogP contribution is 2.21. The number of aryl methyl sites for hydroxylation is 2. The molecule has 0 saturated heterocycles. The Hall–Kier alpha value is -2.08. The summed E-state index contributed by atoms with van der Waals surface area (Å²) in [6, 6.07) is 27.2. The Bertz CT molecular complexity index is 782. The second-order valence-corrected chi connectivity index (χ2v) is 8.06. The van der Waals surface area contributed by atoms with E-state index in [0.717, 1.165) is 0 Å². The summed E-state index contributed by atoms with van der Waals surface area (Å²) in [6.45, 7) is 0. The van der Waals surface area contributed by atoms with E-state index in [2.05, 4.69) is 60.7 Å². The number of benzene rings is 3. The van der Waals surface area contributed by atoms with Crippen molar-refractivity contribution < 1.29 is 0 Å². The molecule has 3 aromatic carbocycles. The molecule has 28 heavy (non-hydrogen) atoms. The molecule has 0 heteroatoms. The lowest BCUT2D eigenvalue weighted by atomic mass is 9.99. The fourth-order valence-electron chi connectivity index (χ4n) is 4.14. The predicted octanol–water partition coefficient (Wildman–Crippen LogP) is 8.33. The van der Waals surface area contributed by atoms with Gasteiger partial charge < -0.3 is 0 Å². The summed E-state index contributed by atoms with van der Waals surface area (Å²) in [5.41, 5.74) is 2.89. The van der Waals surface area contributed by atoms with Crippen molar-refractivity contribution in [2.75, 3.05) is 0 Å². The van der Waals surface area contributed by atoms with Crippen molar-refractivity contribution in [2.24, 2.45) is 0 Å². The van der Waals surface area contributed by atoms with Gasteiger partial charge in [0, 0.05) is 0 Å². The van der Waals surface area contributed by atoms with E-state index in [0.29, 0.717) is 0 Å². The maximum Gasteiger partial charge on any atom is -0.0149 e. The van der Waals surface area contributed by atoms with E-state index in [1.54, 1.807) is 0 Å². The Morgan fingerprint density at radius 2 is 1.11 bits per heavy atom. The second kappa shape index (κ2) is 12.4. The molecule has 0 nitrogen and oxygen atoms in total. The minimum atomic E-state index is 1.19. The first-order valence-electron chi connectivity index (χ1n) is 11.4. The topological polar surface area (TPSA) is 0 Å². The number of hydrogen-bond donors (Lipinski definition) is 0. The molecule has 0 spiro atoms. The van der Waals surface area contributed by atoms with Crippen LogP contribution in [0.15, 0.2) is 66.7 Å². The lowest BCUT2D eigenvalue weighted by Gasteiger charge is -2.07. The van der Waals surface area contributed by atoms with Crippen LogP contribution in [0.1, 0.15) is 75.3 Å². The van der Waals surface area contributed by atoms with Gasteiger partial charge in [-0.25, -0.2) is 0 Å². The molecular formula is C28H35. The van der Waals surface area contributed by atoms with Gasteiger partial charge in [-0.1, -0.05) is 118 Å². The molecule has 0 aliphatic heterocycles. The first-order chi connectivity index (χ1) is 13.9. The molecule has 0 atom stereocenters. The van der Waals surface area contributed by atoms with E-state index in [1.807, 2.05) is 12.1 Å². The minimum Gasteiger partial charge on any atom is -0.0620 e. The van der Waals surface area contributed by atoms with Gasteiger partial charge in [0.15, 0.2) is 0 Å². The van der Waals surface area contributed by atoms with Gasteiger partial charge in [-0.3, -0.25) is 0 Å². The van der Waals surface area contributed by atoms with E-state index in [-0.39, 0.29) is 0 Å². The smallest absolute Gasteiger partial charge is 0.0149 e. The van der Waals surface area contributed by atoms with Crippen LogP contribution in [-0.4, -0.2) is 0 Å². The third kappa shape index (κ3) is 7.15. The minimum absolute atomic E-state index is 1.19. The number of rotatable bonds is 13. The van der Waals surface area contributed by atoms with Gasteiger partial charge in [-0.2, -0.15) is 0 Å². The first-order valence-corrected chi connectivity index (χ1v) is 11.4. The molecule has 0 unspecified atom stereocenters. The third-order valence-electron chi connectivity index (χ3n) is 5.80. The van der Waals surface area contributed by atoms with Crippen LogP contribution in [-0.2, 0) is 12.8 Å². The van der Waals surface area contributed by atoms with E-state index in [9.17, 15) is 0 Å². The van der Waals surface area contributed by atoms with Crippen LogP contribution in [0.3, 0.4) is 0 Å². The molecule has 0 fully saturated rings. The summed E-state index contributed by atoms with van der Waals surface area (Å²) in [5.74, 6) is 0. The Labute approximate surface area is 172 Å². The van der Waals surface area contributed by atoms with Crippen LogP contribution in [0, 0.1) is 6.07 Å². The fraction of sp³-hybridized carbons (Fsp3) is 0.429. The highest BCUT2D eigenvalue weighted by atomic mass is 14.1. The van der Waals surface area contributed by atoms with Crippen LogP contribution < -0.4 is 0 Å². The van der Waals surface area contributed by atoms with E-state index in [1.165, 1.54) is 98.9 Å². The zero-order valence-electron chi connectivity index (χ0n) is 17.3. The van der Waals surface area contributed by atoms with Gasteiger partial charge in [-0.15, -0.1) is 0 Å². The van der Waals surface area contributed by atoms with Crippen molar-refractivity contribution in [1.29, 1.82) is 0 Å². The standard InChI is InChI=1S/C28H35/c1(3-5-7-10-17-25-18-11-9-12-19-25)2-4-6-8-13-20-26-22-16-23-27-21-14-15-24-28(26)27/h9,11-12,14-16,18,21-24H,1-8,10,13,17,20H2. The van der Waals surface area contributed by atoms with E-state index < -0.39 is 0 Å². The lowest BCUT2D eigenvalue weighted by molar-refractivity contribution is 0.551. The summed E-state index contributed by atoms with van der Waals surface area (Å²) in [5, 5.41) is 2.82. The lowest BCUT2D eigenvalue weighted by Crippen LogP contribution is -1.89. The van der Waals surface area contributed by atoms with Crippen LogP contribution >= 0.6 is 0 Å². The summed E-state index contributed by atoms with van der Waals surface area (Å²) in [6.07, 6.45) is 16.2. The van der Waals surface area contributed by atoms with Crippen LogP contribution in [0.2, 0.25) is 0 Å². The molecule has 147 valence electrons. The molecular weight excluding hydrogens is 336 g/mol. The summed E-state index contributed by atoms with van der Waals surface area (Å²) >= 11 is 0. The summed E-state index contributed by atoms with van der Waals surface area (Å²) in [4.78, 5) is 0. The van der Waals surface area contributed by atoms with Gasteiger partial charge in [0.25, 0.3) is 0 Å². The molecule has 0 aromatic heterocycles. The van der Waals surface area contributed by atoms with E-state index in [4.69, 9.17) is 0 Å². The number of unbranched alkanes of at least 4 members (excludes halogenated alkanes) is 9. The van der Waals surface area contributed by atoms with Gasteiger partial charge in [0.1, 0.15) is 0 Å². The average molecular weight is 372 g/mol. The largest absolute Gasteiger partial charge is 0.0620 e. The van der Waals surface area contributed by atoms with E-state index >= 15 is 0 Å². The highest BCUT2D eigenvalue weighted by molar-refractivity contribution is 5.85. The predicted molar refractivity (Wildman–Crippen MR) is 123 cm³/mol. The normalized spacial score (nSPS) is 11.1. The van der Waals surface area contributed by atoms with Crippen LogP contribution in [0.25, 0.3) is 10.8 Å². The van der Waals surface area contributed by atoms with Crippen molar-refractivity contribution in [3.63, 3.8) is 0 Å². The fourth-order valence-corrected chi connectivity index (χ4v) is 4.14. The molecule has 0 bridgehead atoms. The summed E-state index contributed by atoms with van der Waals surface area (Å²) < 4.78 is 0. The Kier molecular flexibility index (Phi) is 9.14. The molecule has 0 aliphatic rings. The monoisotopic (exact) mass is 371 g/mol. The maximum absolute atomic E-state index is 3.32. The molecule has 0 N–H and O–H groups in total. The molecule has 0 aliphatic carbocycles. The number of fused-ring (bicyclic) bond motifs is 1. The van der Waals surface area contributed by atoms with Gasteiger partial charge in [-0.05, 0) is 53.6 Å². The van der Waals surface area contributed by atoms with Crippen molar-refractivity contribution in [3.8, 4) is 0 Å². The van der Waals surface area contributed by atoms with Gasteiger partial charge >= 0.3 is 0 Å². The van der Waals surface area contributed by atoms with Gasteiger partial charge in [0.05, 0.1) is 0 Å². The second-order valence-electron chi connectivity index (χ2n) is 8.06. The Morgan fingerprint density at radius 3 is 1.82 bits per heavy atom. The number of hydrogen-bond acceptors (Lipinski definition) is 0. The molecule has 0 heterocycles. The summed E-state index contributed by atoms with van der Waals surface area (Å²) in [7, 11) is 0. The zero-order chi connectivity index (χ0) is 19.3. The Balaban J connectivity index is 1.16.